The maximum atomic E-state index is 9.57. The highest BCUT2D eigenvalue weighted by Gasteiger charge is 1.69. The first-order valence-corrected chi connectivity index (χ1v) is 1.39. The molecule has 0 amide bonds. The lowest BCUT2D eigenvalue weighted by Crippen LogP contribution is -1.91. The highest BCUT2D eigenvalue weighted by molar-refractivity contribution is 5.36. The van der Waals surface area contributed by atoms with Crippen molar-refractivity contribution < 1.29 is 15.6 Å². The fourth-order valence-corrected chi connectivity index (χ4v) is 0.0830. The third-order valence-corrected chi connectivity index (χ3v) is 0.236. The molecule has 0 bridgehead atoms. The van der Waals surface area contributed by atoms with E-state index in [1.165, 1.54) is 7.11 Å². The van der Waals surface area contributed by atoms with Crippen LogP contribution in [0.3, 0.4) is 0 Å². The quantitative estimate of drug-likeness (QED) is 0.378. The summed E-state index contributed by atoms with van der Waals surface area (Å²) in [4.78, 5) is 9.57. The molecule has 0 aromatic heterocycles. The van der Waals surface area contributed by atoms with Gasteiger partial charge >= 0.3 is 0 Å². The van der Waals surface area contributed by atoms with E-state index < -0.39 is 6.45 Å². The molecule has 0 saturated heterocycles. The van der Waals surface area contributed by atoms with Gasteiger partial charge in [-0.3, -0.25) is 4.79 Å². The Bertz CT molecular complexity index is 64.3. The van der Waals surface area contributed by atoms with Crippen molar-refractivity contribution in [1.82, 2.24) is 0 Å². The normalized spacial score (nSPS) is 8.43. The van der Waals surface area contributed by atoms with Gasteiger partial charge in [-0.25, -0.2) is 0 Å². The molecule has 0 aromatic carbocycles. The Morgan fingerprint density at radius 3 is 2.71 bits per heavy atom. The number of methoxy groups -OCH3 is 1. The minimum Gasteiger partial charge on any atom is -0.441 e. The smallest absolute Gasteiger partial charge is 0.295 e. The van der Waals surface area contributed by atoms with Gasteiger partial charge in [-0.2, -0.15) is 0 Å². The second-order valence-electron chi connectivity index (χ2n) is 0.634. The van der Waals surface area contributed by atoms with Crippen LogP contribution in [0.25, 0.3) is 0 Å². The number of rotatable bonds is 2. The van der Waals surface area contributed by atoms with Gasteiger partial charge in [0.1, 0.15) is 0 Å². The summed E-state index contributed by atoms with van der Waals surface area (Å²) in [5, 5.41) is 0. The SMILES string of the molecule is C.[2H]C(=O)OCOC. The topological polar surface area (TPSA) is 35.5 Å². The second-order valence-corrected chi connectivity index (χ2v) is 0.634. The van der Waals surface area contributed by atoms with E-state index in [-0.39, 0.29) is 14.2 Å². The van der Waals surface area contributed by atoms with Crippen molar-refractivity contribution in [3.63, 3.8) is 0 Å². The second kappa shape index (κ2) is 9.06. The van der Waals surface area contributed by atoms with Crippen molar-refractivity contribution in [1.29, 1.82) is 0 Å². The average Bonchev–Trinajstić information content (AvgIpc) is 1.61. The molecule has 0 N–H and O–H groups in total. The fourth-order valence-electron chi connectivity index (χ4n) is 0.0830. The lowest BCUT2D eigenvalue weighted by atomic mass is 11.3. The van der Waals surface area contributed by atoms with Crippen LogP contribution in [0.4, 0.5) is 0 Å². The first-order valence-electron chi connectivity index (χ1n) is 1.89. The predicted molar refractivity (Wildman–Crippen MR) is 25.8 cm³/mol. The lowest BCUT2D eigenvalue weighted by Gasteiger charge is -1.89. The van der Waals surface area contributed by atoms with Gasteiger partial charge in [-0.05, 0) is 0 Å². The fraction of sp³-hybridized carbons (Fsp3) is 0.750. The minimum absolute atomic E-state index is 0. The molecule has 0 aliphatic rings. The summed E-state index contributed by atoms with van der Waals surface area (Å²) in [7, 11) is 1.38. The standard InChI is InChI=1S/C3H6O3.CH4/c1-5-3-6-2-4;/h2H,3H2,1H3;1H4/i2D;. The van der Waals surface area contributed by atoms with Crippen molar-refractivity contribution in [2.24, 2.45) is 0 Å². The van der Waals surface area contributed by atoms with Crippen molar-refractivity contribution in [2.45, 2.75) is 7.43 Å². The number of carbonyl (C=O) groups excluding carboxylic acids is 1. The van der Waals surface area contributed by atoms with Gasteiger partial charge < -0.3 is 9.47 Å². The first kappa shape index (κ1) is 6.43. The van der Waals surface area contributed by atoms with Gasteiger partial charge in [-0.15, -0.1) is 0 Å². The third kappa shape index (κ3) is 10.8. The van der Waals surface area contributed by atoms with Crippen LogP contribution in [-0.4, -0.2) is 20.4 Å². The van der Waals surface area contributed by atoms with E-state index in [9.17, 15) is 4.79 Å². The Hall–Kier alpha value is -0.570. The van der Waals surface area contributed by atoms with Crippen molar-refractivity contribution in [3.8, 4) is 0 Å². The Morgan fingerprint density at radius 2 is 2.57 bits per heavy atom. The molecule has 0 radical (unpaired) electrons. The molecule has 0 saturated carbocycles. The molecule has 3 heteroatoms. The van der Waals surface area contributed by atoms with E-state index in [0.29, 0.717) is 0 Å². The summed E-state index contributed by atoms with van der Waals surface area (Å²) in [6.45, 7) is -0.137. The first-order chi connectivity index (χ1) is 3.27. The summed E-state index contributed by atoms with van der Waals surface area (Å²) in [6.07, 6.45) is -1.07. The molecule has 0 fully saturated rings. The van der Waals surface area contributed by atoms with E-state index in [2.05, 4.69) is 9.47 Å². The molecule has 0 unspecified atom stereocenters. The molecule has 0 atom stereocenters. The van der Waals surface area contributed by atoms with Crippen LogP contribution in [0.1, 0.15) is 8.80 Å². The van der Waals surface area contributed by atoms with Crippen LogP contribution in [0.2, 0.25) is 0 Å². The van der Waals surface area contributed by atoms with Gasteiger partial charge in [0.25, 0.3) is 6.45 Å². The van der Waals surface area contributed by atoms with Crippen LogP contribution in [0.15, 0.2) is 0 Å². The number of ether oxygens (including phenoxy) is 2. The zero-order valence-electron chi connectivity index (χ0n) is 4.43. The maximum absolute atomic E-state index is 9.57. The molecule has 44 valence electrons. The van der Waals surface area contributed by atoms with Crippen LogP contribution >= 0.6 is 0 Å². The summed E-state index contributed by atoms with van der Waals surface area (Å²) in [6, 6.07) is 0. The zero-order valence-corrected chi connectivity index (χ0v) is 3.43. The zero-order chi connectivity index (χ0) is 5.70. The van der Waals surface area contributed by atoms with E-state index in [1.807, 2.05) is 0 Å². The predicted octanol–water partition coefficient (Wildman–Crippen LogP) is 0.399. The van der Waals surface area contributed by atoms with E-state index in [0.717, 1.165) is 0 Å². The molecular formula is C4H10O3. The molecule has 0 aliphatic carbocycles. The molecular weight excluding hydrogens is 96.0 g/mol. The van der Waals surface area contributed by atoms with E-state index >= 15 is 0 Å². The molecule has 0 aromatic rings. The third-order valence-electron chi connectivity index (χ3n) is 0.236. The van der Waals surface area contributed by atoms with Crippen LogP contribution in [-0.2, 0) is 14.3 Å². The van der Waals surface area contributed by atoms with Crippen molar-refractivity contribution in [2.75, 3.05) is 13.9 Å². The van der Waals surface area contributed by atoms with Gasteiger partial charge in [0.15, 0.2) is 8.16 Å². The van der Waals surface area contributed by atoms with Crippen molar-refractivity contribution in [3.05, 3.63) is 0 Å². The minimum atomic E-state index is -1.07. The summed E-state index contributed by atoms with van der Waals surface area (Å²) >= 11 is 0. The van der Waals surface area contributed by atoms with Crippen LogP contribution < -0.4 is 0 Å². The highest BCUT2D eigenvalue weighted by Crippen LogP contribution is 1.62. The lowest BCUT2D eigenvalue weighted by molar-refractivity contribution is -0.138. The molecule has 7 heavy (non-hydrogen) atoms. The average molecular weight is 107 g/mol. The van der Waals surface area contributed by atoms with Gasteiger partial charge in [-0.1, -0.05) is 7.43 Å². The Morgan fingerprint density at radius 1 is 2.00 bits per heavy atom. The van der Waals surface area contributed by atoms with Crippen molar-refractivity contribution >= 4 is 6.45 Å². The Labute approximate surface area is 44.6 Å². The van der Waals surface area contributed by atoms with E-state index in [4.69, 9.17) is 1.37 Å². The van der Waals surface area contributed by atoms with E-state index in [1.54, 1.807) is 0 Å². The highest BCUT2D eigenvalue weighted by atomic mass is 16.7. The molecule has 0 heterocycles. The van der Waals surface area contributed by atoms with Gasteiger partial charge in [0, 0.05) is 7.11 Å². The van der Waals surface area contributed by atoms with Gasteiger partial charge in [0.05, 0.1) is 0 Å². The molecule has 0 aliphatic heterocycles. The number of hydrogen-bond donors (Lipinski definition) is 0. The summed E-state index contributed by atoms with van der Waals surface area (Å²) in [5.41, 5.74) is 0. The molecule has 0 rings (SSSR count). The summed E-state index contributed by atoms with van der Waals surface area (Å²) in [5.74, 6) is 0. The number of carbonyl (C=O) groups is 1. The molecule has 0 spiro atoms. The van der Waals surface area contributed by atoms with Crippen LogP contribution in [0, 0.1) is 0 Å². The largest absolute Gasteiger partial charge is 0.441 e. The van der Waals surface area contributed by atoms with Crippen LogP contribution in [0.5, 0.6) is 0 Å². The number of hydrogen-bond acceptors (Lipinski definition) is 3. The van der Waals surface area contributed by atoms with Gasteiger partial charge in [0.2, 0.25) is 0 Å². The Kier molecular flexibility index (Phi) is 8.32. The maximum Gasteiger partial charge on any atom is 0.295 e. The Balaban J connectivity index is 0. The monoisotopic (exact) mass is 107 g/mol. The molecule has 3 nitrogen and oxygen atoms in total. The summed E-state index contributed by atoms with van der Waals surface area (Å²) < 4.78 is 14.4.